The van der Waals surface area contributed by atoms with Gasteiger partial charge in [-0.15, -0.1) is 0 Å². The predicted molar refractivity (Wildman–Crippen MR) is 77.4 cm³/mol. The molecule has 0 unspecified atom stereocenters. The second-order valence-corrected chi connectivity index (χ2v) is 5.12. The molecule has 0 amide bonds. The van der Waals surface area contributed by atoms with Crippen molar-refractivity contribution >= 4 is 5.69 Å². The van der Waals surface area contributed by atoms with E-state index in [1.807, 2.05) is 7.05 Å². The van der Waals surface area contributed by atoms with Gasteiger partial charge < -0.3 is 14.6 Å². The van der Waals surface area contributed by atoms with E-state index in [2.05, 4.69) is 47.5 Å². The van der Waals surface area contributed by atoms with Crippen LogP contribution in [0.25, 0.3) is 0 Å². The maximum absolute atomic E-state index is 5.76. The molecule has 0 atom stereocenters. The van der Waals surface area contributed by atoms with Crippen LogP contribution < -0.4 is 10.2 Å². The van der Waals surface area contributed by atoms with Gasteiger partial charge in [-0.25, -0.2) is 0 Å². The molecule has 2 heterocycles. The van der Waals surface area contributed by atoms with Gasteiger partial charge in [-0.1, -0.05) is 18.2 Å². The van der Waals surface area contributed by atoms with E-state index >= 15 is 0 Å². The Morgan fingerprint density at radius 1 is 1.32 bits per heavy atom. The zero-order chi connectivity index (χ0) is 13.2. The third kappa shape index (κ3) is 2.38. The van der Waals surface area contributed by atoms with Crippen molar-refractivity contribution in [1.82, 2.24) is 5.32 Å². The molecule has 3 rings (SSSR count). The molecule has 0 saturated heterocycles. The predicted octanol–water partition coefficient (Wildman–Crippen LogP) is 2.87. The number of para-hydroxylation sites is 1. The lowest BCUT2D eigenvalue weighted by atomic mass is 10.2. The van der Waals surface area contributed by atoms with Crippen LogP contribution in [0.3, 0.4) is 0 Å². The molecule has 0 bridgehead atoms. The maximum Gasteiger partial charge on any atom is 0.118 e. The first-order chi connectivity index (χ1) is 9.28. The van der Waals surface area contributed by atoms with Gasteiger partial charge in [0.1, 0.15) is 11.5 Å². The third-order valence-electron chi connectivity index (χ3n) is 3.77. The van der Waals surface area contributed by atoms with Gasteiger partial charge in [-0.2, -0.15) is 0 Å². The van der Waals surface area contributed by atoms with Crippen molar-refractivity contribution in [3.8, 4) is 0 Å². The summed E-state index contributed by atoms with van der Waals surface area (Å²) in [4.78, 5) is 2.44. The van der Waals surface area contributed by atoms with Gasteiger partial charge in [0.2, 0.25) is 0 Å². The lowest BCUT2D eigenvalue weighted by Crippen LogP contribution is -2.19. The average Bonchev–Trinajstić information content (AvgIpc) is 2.96. The van der Waals surface area contributed by atoms with E-state index < -0.39 is 0 Å². The van der Waals surface area contributed by atoms with E-state index in [0.717, 1.165) is 37.6 Å². The third-order valence-corrected chi connectivity index (χ3v) is 3.77. The summed E-state index contributed by atoms with van der Waals surface area (Å²) in [6, 6.07) is 10.9. The molecular formula is C16H20N2O. The highest BCUT2D eigenvalue weighted by atomic mass is 16.3. The zero-order valence-corrected chi connectivity index (χ0v) is 11.6. The van der Waals surface area contributed by atoms with Crippen molar-refractivity contribution in [2.24, 2.45) is 0 Å². The Hall–Kier alpha value is -1.74. The summed E-state index contributed by atoms with van der Waals surface area (Å²) in [7, 11) is 1.94. The molecule has 3 nitrogen and oxygen atoms in total. The van der Waals surface area contributed by atoms with Gasteiger partial charge in [0.05, 0.1) is 6.54 Å². The number of anilines is 1. The first-order valence-corrected chi connectivity index (χ1v) is 6.83. The van der Waals surface area contributed by atoms with E-state index in [0.29, 0.717) is 0 Å². The number of hydrogen-bond acceptors (Lipinski definition) is 3. The number of nitrogens with zero attached hydrogens (tertiary/aromatic N) is 1. The minimum atomic E-state index is 0.789. The van der Waals surface area contributed by atoms with E-state index in [9.17, 15) is 0 Å². The highest BCUT2D eigenvalue weighted by Gasteiger charge is 2.20. The van der Waals surface area contributed by atoms with Gasteiger partial charge in [-0.05, 0) is 38.1 Å². The summed E-state index contributed by atoms with van der Waals surface area (Å²) >= 11 is 0. The maximum atomic E-state index is 5.76. The summed E-state index contributed by atoms with van der Waals surface area (Å²) in [5, 5.41) is 3.13. The Morgan fingerprint density at radius 2 is 2.16 bits per heavy atom. The Kier molecular flexibility index (Phi) is 3.30. The van der Waals surface area contributed by atoms with Crippen molar-refractivity contribution in [2.45, 2.75) is 26.4 Å². The van der Waals surface area contributed by atoms with E-state index in [1.165, 1.54) is 16.8 Å². The normalized spacial score (nSPS) is 13.9. The summed E-state index contributed by atoms with van der Waals surface area (Å²) in [5.74, 6) is 2.05. The molecule has 0 fully saturated rings. The Labute approximate surface area is 114 Å². The molecule has 2 aromatic rings. The van der Waals surface area contributed by atoms with E-state index in [4.69, 9.17) is 4.42 Å². The molecule has 1 aromatic carbocycles. The fraction of sp³-hybridized carbons (Fsp3) is 0.375. The van der Waals surface area contributed by atoms with Crippen molar-refractivity contribution in [1.29, 1.82) is 0 Å². The van der Waals surface area contributed by atoms with Crippen molar-refractivity contribution in [2.75, 3.05) is 18.5 Å². The van der Waals surface area contributed by atoms with E-state index in [-0.39, 0.29) is 0 Å². The zero-order valence-electron chi connectivity index (χ0n) is 11.6. The van der Waals surface area contributed by atoms with Crippen molar-refractivity contribution in [3.05, 3.63) is 53.0 Å². The van der Waals surface area contributed by atoms with Gasteiger partial charge in [0, 0.05) is 24.3 Å². The standard InChI is InChI=1S/C16H20N2O/c1-12-14(9-15(19-12)10-17-2)11-18-8-7-13-5-3-4-6-16(13)18/h3-6,9,17H,7-8,10-11H2,1-2H3. The Balaban J connectivity index is 1.79. The van der Waals surface area contributed by atoms with Crippen LogP contribution in [0, 0.1) is 6.92 Å². The van der Waals surface area contributed by atoms with Crippen molar-refractivity contribution < 1.29 is 4.42 Å². The molecule has 0 aliphatic carbocycles. The highest BCUT2D eigenvalue weighted by molar-refractivity contribution is 5.58. The number of furan rings is 1. The highest BCUT2D eigenvalue weighted by Crippen LogP contribution is 2.29. The molecular weight excluding hydrogens is 236 g/mol. The van der Waals surface area contributed by atoms with Crippen LogP contribution in [-0.4, -0.2) is 13.6 Å². The van der Waals surface area contributed by atoms with Crippen LogP contribution in [0.4, 0.5) is 5.69 Å². The Morgan fingerprint density at radius 3 is 3.00 bits per heavy atom. The number of nitrogens with one attached hydrogen (secondary N) is 1. The largest absolute Gasteiger partial charge is 0.465 e. The fourth-order valence-electron chi connectivity index (χ4n) is 2.78. The average molecular weight is 256 g/mol. The fourth-order valence-corrected chi connectivity index (χ4v) is 2.78. The molecule has 1 N–H and O–H groups in total. The number of rotatable bonds is 4. The summed E-state index contributed by atoms with van der Waals surface area (Å²) in [5.41, 5.74) is 4.12. The second-order valence-electron chi connectivity index (χ2n) is 5.12. The molecule has 1 aromatic heterocycles. The number of fused-ring (bicyclic) bond motifs is 1. The lowest BCUT2D eigenvalue weighted by molar-refractivity contribution is 0.469. The lowest BCUT2D eigenvalue weighted by Gasteiger charge is -2.18. The molecule has 3 heteroatoms. The first-order valence-electron chi connectivity index (χ1n) is 6.83. The van der Waals surface area contributed by atoms with Gasteiger partial charge in [0.15, 0.2) is 0 Å². The SMILES string of the molecule is CNCc1cc(CN2CCc3ccccc32)c(C)o1. The van der Waals surface area contributed by atoms with Crippen LogP contribution in [0.15, 0.2) is 34.7 Å². The smallest absolute Gasteiger partial charge is 0.118 e. The minimum absolute atomic E-state index is 0.789. The van der Waals surface area contributed by atoms with Crippen LogP contribution in [0.1, 0.15) is 22.6 Å². The summed E-state index contributed by atoms with van der Waals surface area (Å²) < 4.78 is 5.76. The van der Waals surface area contributed by atoms with Gasteiger partial charge in [-0.3, -0.25) is 0 Å². The Bertz CT molecular complexity index is 574. The molecule has 0 radical (unpaired) electrons. The summed E-state index contributed by atoms with van der Waals surface area (Å²) in [6.45, 7) is 4.88. The molecule has 19 heavy (non-hydrogen) atoms. The van der Waals surface area contributed by atoms with Crippen LogP contribution in [0.2, 0.25) is 0 Å². The number of aryl methyl sites for hydroxylation is 1. The molecule has 0 spiro atoms. The quantitative estimate of drug-likeness (QED) is 0.911. The van der Waals surface area contributed by atoms with Crippen LogP contribution >= 0.6 is 0 Å². The van der Waals surface area contributed by atoms with Gasteiger partial charge in [0.25, 0.3) is 0 Å². The monoisotopic (exact) mass is 256 g/mol. The molecule has 100 valence electrons. The van der Waals surface area contributed by atoms with Crippen LogP contribution in [0.5, 0.6) is 0 Å². The number of hydrogen-bond donors (Lipinski definition) is 1. The molecule has 0 saturated carbocycles. The second kappa shape index (κ2) is 5.10. The van der Waals surface area contributed by atoms with Crippen molar-refractivity contribution in [3.63, 3.8) is 0 Å². The van der Waals surface area contributed by atoms with Crippen LogP contribution in [-0.2, 0) is 19.5 Å². The van der Waals surface area contributed by atoms with Gasteiger partial charge >= 0.3 is 0 Å². The summed E-state index contributed by atoms with van der Waals surface area (Å²) in [6.07, 6.45) is 1.15. The molecule has 1 aliphatic rings. The minimum Gasteiger partial charge on any atom is -0.465 e. The molecule has 1 aliphatic heterocycles. The van der Waals surface area contributed by atoms with E-state index in [1.54, 1.807) is 0 Å². The topological polar surface area (TPSA) is 28.4 Å². The number of benzene rings is 1. The first kappa shape index (κ1) is 12.3.